The molecule has 0 N–H and O–H groups in total. The summed E-state index contributed by atoms with van der Waals surface area (Å²) in [7, 11) is 0. The first kappa shape index (κ1) is 28.3. The number of esters is 2. The van der Waals surface area contributed by atoms with Crippen LogP contribution in [0.15, 0.2) is 48.5 Å². The number of hydrogen-bond donors (Lipinski definition) is 0. The van der Waals surface area contributed by atoms with Gasteiger partial charge in [-0.3, -0.25) is 4.79 Å². The van der Waals surface area contributed by atoms with E-state index >= 15 is 0 Å². The average Bonchev–Trinajstić information content (AvgIpc) is 2.80. The van der Waals surface area contributed by atoms with Crippen molar-refractivity contribution in [2.75, 3.05) is 0 Å². The second-order valence-electron chi connectivity index (χ2n) is 8.91. The van der Waals surface area contributed by atoms with Crippen molar-refractivity contribution in [2.45, 2.75) is 90.8 Å². The Morgan fingerprint density at radius 3 is 2.00 bits per heavy atom. The van der Waals surface area contributed by atoms with Gasteiger partial charge in [0.25, 0.3) is 6.43 Å². The van der Waals surface area contributed by atoms with Gasteiger partial charge in [-0.25, -0.2) is 13.6 Å². The number of carbonyl (C=O) groups is 2. The molecule has 0 spiro atoms. The molecule has 0 saturated heterocycles. The van der Waals surface area contributed by atoms with Crippen LogP contribution in [0.1, 0.15) is 88.1 Å². The lowest BCUT2D eigenvalue weighted by Crippen LogP contribution is -2.25. The molecule has 0 unspecified atom stereocenters. The predicted octanol–water partition coefficient (Wildman–Crippen LogP) is 7.33. The minimum atomic E-state index is -2.92. The number of carbonyl (C=O) groups excluding carboxylic acids is 2. The van der Waals surface area contributed by atoms with Gasteiger partial charge >= 0.3 is 11.9 Å². The van der Waals surface area contributed by atoms with E-state index in [4.69, 9.17) is 14.2 Å². The Morgan fingerprint density at radius 2 is 1.43 bits per heavy atom. The van der Waals surface area contributed by atoms with E-state index in [1.165, 1.54) is 49.9 Å². The lowest BCUT2D eigenvalue weighted by atomic mass is 9.99. The highest BCUT2D eigenvalue weighted by Crippen LogP contribution is 2.27. The van der Waals surface area contributed by atoms with E-state index in [9.17, 15) is 18.4 Å². The van der Waals surface area contributed by atoms with E-state index in [0.29, 0.717) is 11.3 Å². The van der Waals surface area contributed by atoms with Crippen molar-refractivity contribution in [2.24, 2.45) is 0 Å². The van der Waals surface area contributed by atoms with Crippen LogP contribution in [0, 0.1) is 0 Å². The lowest BCUT2D eigenvalue weighted by molar-refractivity contribution is -0.153. The molecular formula is C28H36F2O5. The van der Waals surface area contributed by atoms with Crippen molar-refractivity contribution in [1.82, 2.24) is 0 Å². The molecule has 192 valence electrons. The molecule has 0 saturated carbocycles. The van der Waals surface area contributed by atoms with Crippen molar-refractivity contribution in [3.05, 3.63) is 59.7 Å². The predicted molar refractivity (Wildman–Crippen MR) is 131 cm³/mol. The fraction of sp³-hybridized carbons (Fsp3) is 0.500. The normalized spacial score (nSPS) is 12.9. The summed E-state index contributed by atoms with van der Waals surface area (Å²) < 4.78 is 43.1. The van der Waals surface area contributed by atoms with Gasteiger partial charge in [0.1, 0.15) is 17.4 Å². The van der Waals surface area contributed by atoms with Gasteiger partial charge in [-0.1, -0.05) is 44.7 Å². The summed E-state index contributed by atoms with van der Waals surface area (Å²) in [6, 6.07) is 12.1. The molecule has 0 aliphatic heterocycles. The minimum absolute atomic E-state index is 0.0860. The van der Waals surface area contributed by atoms with Gasteiger partial charge in [0, 0.05) is 0 Å². The van der Waals surface area contributed by atoms with Crippen molar-refractivity contribution in [1.29, 1.82) is 0 Å². The Hall–Kier alpha value is -2.96. The number of hydrogen-bond acceptors (Lipinski definition) is 5. The summed E-state index contributed by atoms with van der Waals surface area (Å²) in [5, 5.41) is 0. The topological polar surface area (TPSA) is 61.8 Å². The molecule has 0 aromatic heterocycles. The molecule has 5 nitrogen and oxygen atoms in total. The van der Waals surface area contributed by atoms with Crippen LogP contribution in [0.3, 0.4) is 0 Å². The fourth-order valence-corrected chi connectivity index (χ4v) is 3.60. The van der Waals surface area contributed by atoms with Gasteiger partial charge < -0.3 is 14.2 Å². The van der Waals surface area contributed by atoms with E-state index < -0.39 is 30.4 Å². The third kappa shape index (κ3) is 9.67. The van der Waals surface area contributed by atoms with Gasteiger partial charge in [-0.15, -0.1) is 0 Å². The highest BCUT2D eigenvalue weighted by molar-refractivity contribution is 5.91. The summed E-state index contributed by atoms with van der Waals surface area (Å²) >= 11 is 0. The first-order valence-corrected chi connectivity index (χ1v) is 12.3. The summed E-state index contributed by atoms with van der Waals surface area (Å²) in [6.45, 7) is 7.42. The molecule has 2 aromatic carbocycles. The van der Waals surface area contributed by atoms with Gasteiger partial charge in [0.2, 0.25) is 0 Å². The van der Waals surface area contributed by atoms with Gasteiger partial charge in [0.05, 0.1) is 17.8 Å². The monoisotopic (exact) mass is 490 g/mol. The molecule has 2 rings (SSSR count). The molecule has 0 aliphatic carbocycles. The lowest BCUT2D eigenvalue weighted by Gasteiger charge is -2.17. The quantitative estimate of drug-likeness (QED) is 0.158. The van der Waals surface area contributed by atoms with Crippen molar-refractivity contribution in [3.63, 3.8) is 0 Å². The molecule has 2 atom stereocenters. The Bertz CT molecular complexity index is 910. The van der Waals surface area contributed by atoms with Crippen LogP contribution >= 0.6 is 0 Å². The van der Waals surface area contributed by atoms with Gasteiger partial charge in [-0.05, 0) is 75.6 Å². The Labute approximate surface area is 206 Å². The molecule has 2 aromatic rings. The zero-order valence-electron chi connectivity index (χ0n) is 21.0. The molecule has 0 aliphatic rings. The van der Waals surface area contributed by atoms with Crippen LogP contribution < -0.4 is 9.47 Å². The maximum Gasteiger partial charge on any atom is 0.343 e. The second kappa shape index (κ2) is 14.4. The zero-order valence-corrected chi connectivity index (χ0v) is 21.0. The Balaban J connectivity index is 1.91. The Morgan fingerprint density at radius 1 is 0.829 bits per heavy atom. The number of halogens is 2. The molecular weight excluding hydrogens is 454 g/mol. The van der Waals surface area contributed by atoms with Crippen LogP contribution in [-0.2, 0) is 9.53 Å². The average molecular weight is 491 g/mol. The number of unbranched alkanes of at least 4 members (excludes halogenated alkanes) is 4. The number of ether oxygens (including phenoxy) is 3. The van der Waals surface area contributed by atoms with E-state index in [0.717, 1.165) is 12.8 Å². The number of benzene rings is 2. The largest absolute Gasteiger partial charge is 0.491 e. The highest BCUT2D eigenvalue weighted by atomic mass is 19.3. The summed E-state index contributed by atoms with van der Waals surface area (Å²) in [5.41, 5.74) is 0.422. The zero-order chi connectivity index (χ0) is 25.8. The molecule has 0 bridgehead atoms. The van der Waals surface area contributed by atoms with Gasteiger partial charge in [0.15, 0.2) is 0 Å². The van der Waals surface area contributed by atoms with Crippen LogP contribution in [0.25, 0.3) is 0 Å². The first-order chi connectivity index (χ1) is 16.7. The Kier molecular flexibility index (Phi) is 11.7. The second-order valence-corrected chi connectivity index (χ2v) is 8.91. The summed E-state index contributed by atoms with van der Waals surface area (Å²) in [6.07, 6.45) is 3.71. The van der Waals surface area contributed by atoms with E-state index in [-0.39, 0.29) is 17.4 Å². The molecule has 35 heavy (non-hydrogen) atoms. The van der Waals surface area contributed by atoms with Crippen molar-refractivity contribution in [3.8, 4) is 11.5 Å². The third-order valence-electron chi connectivity index (χ3n) is 5.45. The summed E-state index contributed by atoms with van der Waals surface area (Å²) in [4.78, 5) is 24.5. The molecule has 0 heterocycles. The number of rotatable bonds is 14. The molecule has 0 fully saturated rings. The van der Waals surface area contributed by atoms with Crippen molar-refractivity contribution >= 4 is 11.9 Å². The van der Waals surface area contributed by atoms with Crippen LogP contribution in [0.5, 0.6) is 11.5 Å². The first-order valence-electron chi connectivity index (χ1n) is 12.3. The maximum absolute atomic E-state index is 13.4. The standard InChI is InChI=1S/C28H36F2O5/c1-5-6-7-8-9-10-20(4)34-23-17-13-22(14-18-23)27(31)35-24-15-11-21(12-16-24)25(26(29)30)28(32)33-19(2)3/h11-20,25-26H,5-10H2,1-4H3/t20-,25-/m0/s1. The molecule has 7 heteroatoms. The van der Waals surface area contributed by atoms with E-state index in [1.807, 2.05) is 6.92 Å². The van der Waals surface area contributed by atoms with Crippen molar-refractivity contribution < 1.29 is 32.6 Å². The van der Waals surface area contributed by atoms with Crippen LogP contribution in [0.4, 0.5) is 8.78 Å². The maximum atomic E-state index is 13.4. The SMILES string of the molecule is CCCCCCC[C@H](C)Oc1ccc(C(=O)Oc2ccc([C@H](C(=O)OC(C)C)C(F)F)cc2)cc1. The van der Waals surface area contributed by atoms with E-state index in [2.05, 4.69) is 6.92 Å². The van der Waals surface area contributed by atoms with Crippen LogP contribution in [0.2, 0.25) is 0 Å². The van der Waals surface area contributed by atoms with Crippen LogP contribution in [-0.4, -0.2) is 30.6 Å². The highest BCUT2D eigenvalue weighted by Gasteiger charge is 2.32. The smallest absolute Gasteiger partial charge is 0.343 e. The molecule has 0 amide bonds. The minimum Gasteiger partial charge on any atom is -0.491 e. The third-order valence-corrected chi connectivity index (χ3v) is 5.45. The number of alkyl halides is 2. The van der Waals surface area contributed by atoms with E-state index in [1.54, 1.807) is 38.1 Å². The fourth-order valence-electron chi connectivity index (χ4n) is 3.60. The molecule has 0 radical (unpaired) electrons. The van der Waals surface area contributed by atoms with Gasteiger partial charge in [-0.2, -0.15) is 0 Å². The summed E-state index contributed by atoms with van der Waals surface area (Å²) in [5.74, 6) is -2.42.